The van der Waals surface area contributed by atoms with E-state index in [9.17, 15) is 14.9 Å². The number of rotatable bonds is 4. The van der Waals surface area contributed by atoms with Crippen LogP contribution in [0.5, 0.6) is 0 Å². The molecule has 2 rings (SSSR count). The van der Waals surface area contributed by atoms with E-state index in [4.69, 9.17) is 0 Å². The van der Waals surface area contributed by atoms with Gasteiger partial charge in [0.2, 0.25) is 0 Å². The van der Waals surface area contributed by atoms with E-state index in [0.717, 1.165) is 17.0 Å². The number of nitro benzene ring substituents is 1. The molecule has 0 bridgehead atoms. The van der Waals surface area contributed by atoms with Crippen molar-refractivity contribution in [2.24, 2.45) is 12.1 Å². The third kappa shape index (κ3) is 3.17. The van der Waals surface area contributed by atoms with Crippen LogP contribution < -0.4 is 5.43 Å². The summed E-state index contributed by atoms with van der Waals surface area (Å²) in [6.45, 7) is 3.76. The fourth-order valence-electron chi connectivity index (χ4n) is 1.93. The van der Waals surface area contributed by atoms with Crippen molar-refractivity contribution in [3.8, 4) is 0 Å². The highest BCUT2D eigenvalue weighted by Gasteiger charge is 2.09. The number of nitro groups is 1. The molecule has 0 fully saturated rings. The summed E-state index contributed by atoms with van der Waals surface area (Å²) in [7, 11) is 1.83. The van der Waals surface area contributed by atoms with Crippen molar-refractivity contribution in [2.45, 2.75) is 13.8 Å². The topological polar surface area (TPSA) is 102 Å². The lowest BCUT2D eigenvalue weighted by Crippen LogP contribution is -2.17. The molecule has 0 aliphatic heterocycles. The van der Waals surface area contributed by atoms with Crippen LogP contribution >= 0.6 is 0 Å². The van der Waals surface area contributed by atoms with E-state index in [-0.39, 0.29) is 5.69 Å². The highest BCUT2D eigenvalue weighted by molar-refractivity contribution is 5.95. The highest BCUT2D eigenvalue weighted by Crippen LogP contribution is 2.12. The Morgan fingerprint density at radius 2 is 2.00 bits per heavy atom. The Hall–Kier alpha value is -3.03. The van der Waals surface area contributed by atoms with E-state index in [2.05, 4.69) is 15.6 Å². The molecule has 0 saturated heterocycles. The molecule has 0 aliphatic carbocycles. The number of hydrogen-bond acceptors (Lipinski definition) is 5. The van der Waals surface area contributed by atoms with Gasteiger partial charge in [-0.2, -0.15) is 10.2 Å². The standard InChI is InChI=1S/C14H15N5O3/c1-9-13(10(2)18(3)17-9)8-15-16-14(20)11-4-6-12(7-5-11)19(21)22/h4-8H,1-3H3,(H,16,20)/b15-8-. The molecule has 1 amide bonds. The Morgan fingerprint density at radius 1 is 1.36 bits per heavy atom. The third-order valence-electron chi connectivity index (χ3n) is 3.27. The van der Waals surface area contributed by atoms with Gasteiger partial charge in [0.15, 0.2) is 0 Å². The predicted octanol–water partition coefficient (Wildman–Crippen LogP) is 1.71. The lowest BCUT2D eigenvalue weighted by molar-refractivity contribution is -0.384. The van der Waals surface area contributed by atoms with Crippen LogP contribution in [-0.4, -0.2) is 26.8 Å². The van der Waals surface area contributed by atoms with E-state index in [0.29, 0.717) is 5.56 Å². The van der Waals surface area contributed by atoms with E-state index in [1.807, 2.05) is 20.9 Å². The quantitative estimate of drug-likeness (QED) is 0.527. The molecular weight excluding hydrogens is 286 g/mol. The average molecular weight is 301 g/mol. The van der Waals surface area contributed by atoms with Crippen LogP contribution in [0.25, 0.3) is 0 Å². The second-order valence-corrected chi connectivity index (χ2v) is 4.71. The first-order valence-corrected chi connectivity index (χ1v) is 6.48. The van der Waals surface area contributed by atoms with Crippen LogP contribution in [0.2, 0.25) is 0 Å². The van der Waals surface area contributed by atoms with Gasteiger partial charge in [-0.1, -0.05) is 0 Å². The maximum absolute atomic E-state index is 11.9. The predicted molar refractivity (Wildman–Crippen MR) is 80.8 cm³/mol. The molecule has 0 aliphatic rings. The molecule has 0 radical (unpaired) electrons. The maximum atomic E-state index is 11.9. The minimum atomic E-state index is -0.520. The van der Waals surface area contributed by atoms with Crippen LogP contribution in [0.15, 0.2) is 29.4 Å². The molecule has 2 aromatic rings. The summed E-state index contributed by atoms with van der Waals surface area (Å²) in [4.78, 5) is 21.9. The normalized spacial score (nSPS) is 10.9. The molecule has 1 aromatic heterocycles. The van der Waals surface area contributed by atoms with Crippen molar-refractivity contribution in [3.63, 3.8) is 0 Å². The van der Waals surface area contributed by atoms with Crippen LogP contribution in [0.4, 0.5) is 5.69 Å². The summed E-state index contributed by atoms with van der Waals surface area (Å²) < 4.78 is 1.73. The SMILES string of the molecule is Cc1nn(C)c(C)c1/C=N\NC(=O)c1ccc([N+](=O)[O-])cc1. The number of hydrazone groups is 1. The van der Waals surface area contributed by atoms with Gasteiger partial charge in [0.05, 0.1) is 16.8 Å². The van der Waals surface area contributed by atoms with Gasteiger partial charge in [0.1, 0.15) is 0 Å². The number of benzene rings is 1. The number of nitrogens with zero attached hydrogens (tertiary/aromatic N) is 4. The molecule has 1 heterocycles. The molecule has 1 N–H and O–H groups in total. The lowest BCUT2D eigenvalue weighted by atomic mass is 10.2. The first kappa shape index (κ1) is 15.4. The largest absolute Gasteiger partial charge is 0.272 e. The minimum Gasteiger partial charge on any atom is -0.272 e. The fourth-order valence-corrected chi connectivity index (χ4v) is 1.93. The Kier molecular flexibility index (Phi) is 4.31. The number of non-ortho nitro benzene ring substituents is 1. The van der Waals surface area contributed by atoms with Crippen LogP contribution in [-0.2, 0) is 7.05 Å². The van der Waals surface area contributed by atoms with Gasteiger partial charge in [-0.25, -0.2) is 5.43 Å². The summed E-state index contributed by atoms with van der Waals surface area (Å²) >= 11 is 0. The highest BCUT2D eigenvalue weighted by atomic mass is 16.6. The van der Waals surface area contributed by atoms with Crippen molar-refractivity contribution in [1.29, 1.82) is 0 Å². The van der Waals surface area contributed by atoms with E-state index < -0.39 is 10.8 Å². The van der Waals surface area contributed by atoms with Gasteiger partial charge in [-0.3, -0.25) is 19.6 Å². The summed E-state index contributed by atoms with van der Waals surface area (Å²) in [5, 5.41) is 18.7. The number of aryl methyl sites for hydroxylation is 2. The van der Waals surface area contributed by atoms with Gasteiger partial charge < -0.3 is 0 Å². The number of amides is 1. The zero-order valence-corrected chi connectivity index (χ0v) is 12.4. The molecule has 114 valence electrons. The Labute approximate surface area is 126 Å². The van der Waals surface area contributed by atoms with Gasteiger partial charge in [0, 0.05) is 36.0 Å². The molecule has 0 spiro atoms. The number of hydrogen-bond donors (Lipinski definition) is 1. The summed E-state index contributed by atoms with van der Waals surface area (Å²) in [5.41, 5.74) is 5.20. The second-order valence-electron chi connectivity index (χ2n) is 4.71. The van der Waals surface area contributed by atoms with Crippen molar-refractivity contribution in [3.05, 3.63) is 56.9 Å². The van der Waals surface area contributed by atoms with Crippen molar-refractivity contribution >= 4 is 17.8 Å². The molecule has 22 heavy (non-hydrogen) atoms. The molecule has 0 unspecified atom stereocenters. The van der Waals surface area contributed by atoms with Crippen LogP contribution in [0.3, 0.4) is 0 Å². The molecule has 0 atom stereocenters. The summed E-state index contributed by atoms with van der Waals surface area (Å²) in [6, 6.07) is 5.30. The summed E-state index contributed by atoms with van der Waals surface area (Å²) in [5.74, 6) is -0.439. The zero-order valence-electron chi connectivity index (χ0n) is 12.4. The number of nitrogens with one attached hydrogen (secondary N) is 1. The molecule has 8 heteroatoms. The van der Waals surface area contributed by atoms with E-state index >= 15 is 0 Å². The first-order valence-electron chi connectivity index (χ1n) is 6.48. The Balaban J connectivity index is 2.06. The van der Waals surface area contributed by atoms with Gasteiger partial charge in [0.25, 0.3) is 11.6 Å². The van der Waals surface area contributed by atoms with E-state index in [1.54, 1.807) is 4.68 Å². The average Bonchev–Trinajstić information content (AvgIpc) is 2.73. The second kappa shape index (κ2) is 6.17. The fraction of sp³-hybridized carbons (Fsp3) is 0.214. The number of aromatic nitrogens is 2. The monoisotopic (exact) mass is 301 g/mol. The van der Waals surface area contributed by atoms with Crippen LogP contribution in [0.1, 0.15) is 27.3 Å². The molecular formula is C14H15N5O3. The Bertz CT molecular complexity index is 747. The minimum absolute atomic E-state index is 0.0679. The third-order valence-corrected chi connectivity index (χ3v) is 3.27. The number of carbonyl (C=O) groups excluding carboxylic acids is 1. The van der Waals surface area contributed by atoms with Gasteiger partial charge >= 0.3 is 0 Å². The van der Waals surface area contributed by atoms with Crippen molar-refractivity contribution in [1.82, 2.24) is 15.2 Å². The van der Waals surface area contributed by atoms with Crippen LogP contribution in [0, 0.1) is 24.0 Å². The molecule has 1 aromatic carbocycles. The summed E-state index contributed by atoms with van der Waals surface area (Å²) in [6.07, 6.45) is 1.53. The lowest BCUT2D eigenvalue weighted by Gasteiger charge is -1.99. The van der Waals surface area contributed by atoms with Crippen molar-refractivity contribution < 1.29 is 9.72 Å². The first-order chi connectivity index (χ1) is 10.4. The van der Waals surface area contributed by atoms with Gasteiger partial charge in [-0.15, -0.1) is 0 Å². The maximum Gasteiger partial charge on any atom is 0.271 e. The molecule has 8 nitrogen and oxygen atoms in total. The van der Waals surface area contributed by atoms with E-state index in [1.165, 1.54) is 30.5 Å². The number of carbonyl (C=O) groups is 1. The Morgan fingerprint density at radius 3 is 2.50 bits per heavy atom. The smallest absolute Gasteiger partial charge is 0.271 e. The zero-order chi connectivity index (χ0) is 16.3. The van der Waals surface area contributed by atoms with Gasteiger partial charge in [-0.05, 0) is 26.0 Å². The molecule has 0 saturated carbocycles. The van der Waals surface area contributed by atoms with Crippen molar-refractivity contribution in [2.75, 3.05) is 0 Å².